The predicted octanol–water partition coefficient (Wildman–Crippen LogP) is 2.53. The van der Waals surface area contributed by atoms with E-state index >= 15 is 0 Å². The third-order valence-corrected chi connectivity index (χ3v) is 6.21. The first-order chi connectivity index (χ1) is 14.2. The summed E-state index contributed by atoms with van der Waals surface area (Å²) in [5.74, 6) is -0.0529. The van der Waals surface area contributed by atoms with Crippen LogP contribution in [0.2, 0.25) is 0 Å². The molecule has 2 aliphatic heterocycles. The zero-order valence-corrected chi connectivity index (χ0v) is 16.2. The lowest BCUT2D eigenvalue weighted by Crippen LogP contribution is -2.61. The lowest BCUT2D eigenvalue weighted by atomic mass is 9.84. The monoisotopic (exact) mass is 389 g/mol. The Kier molecular flexibility index (Phi) is 4.30. The molecule has 29 heavy (non-hydrogen) atoms. The second kappa shape index (κ2) is 6.99. The Bertz CT molecular complexity index is 1060. The molecule has 3 aromatic rings. The number of likely N-dealkylation sites (tertiary alicyclic amines) is 2. The summed E-state index contributed by atoms with van der Waals surface area (Å²) in [5, 5.41) is 8.02. The number of carbonyl (C=O) groups is 2. The minimum atomic E-state index is -0.739. The normalized spacial score (nSPS) is 22.0. The number of hydrogen-bond acceptors (Lipinski definition) is 4. The summed E-state index contributed by atoms with van der Waals surface area (Å²) in [7, 11) is 0. The van der Waals surface area contributed by atoms with Gasteiger partial charge < -0.3 is 9.80 Å². The number of nitrogens with zero attached hydrogens (tertiary/aromatic N) is 5. The molecule has 1 unspecified atom stereocenters. The molecule has 2 amide bonds. The van der Waals surface area contributed by atoms with E-state index in [1.54, 1.807) is 21.7 Å². The highest BCUT2D eigenvalue weighted by Gasteiger charge is 2.53. The molecular formula is C22H23N5O2. The van der Waals surface area contributed by atoms with Gasteiger partial charge in [-0.25, -0.2) is 0 Å². The summed E-state index contributed by atoms with van der Waals surface area (Å²) >= 11 is 0. The van der Waals surface area contributed by atoms with E-state index in [-0.39, 0.29) is 11.8 Å². The van der Waals surface area contributed by atoms with Crippen LogP contribution in [0.5, 0.6) is 0 Å². The number of pyridine rings is 1. The van der Waals surface area contributed by atoms with Gasteiger partial charge in [0.05, 0.1) is 5.56 Å². The minimum absolute atomic E-state index is 0.0758. The Morgan fingerprint density at radius 3 is 2.66 bits per heavy atom. The highest BCUT2D eigenvalue weighted by atomic mass is 16.2. The Balaban J connectivity index is 1.46. The van der Waals surface area contributed by atoms with E-state index in [4.69, 9.17) is 0 Å². The number of piperidine rings is 1. The van der Waals surface area contributed by atoms with Gasteiger partial charge in [-0.1, -0.05) is 30.3 Å². The summed E-state index contributed by atoms with van der Waals surface area (Å²) in [6.45, 7) is 1.92. The fraction of sp³-hybridized carbons (Fsp3) is 0.364. The molecule has 7 nitrogen and oxygen atoms in total. The molecule has 2 aromatic heterocycles. The molecule has 0 saturated carbocycles. The van der Waals surface area contributed by atoms with Crippen molar-refractivity contribution in [2.75, 3.05) is 13.1 Å². The molecule has 1 aromatic carbocycles. The van der Waals surface area contributed by atoms with Gasteiger partial charge in [-0.2, -0.15) is 0 Å². The van der Waals surface area contributed by atoms with Gasteiger partial charge in [-0.3, -0.25) is 14.0 Å². The summed E-state index contributed by atoms with van der Waals surface area (Å²) in [6, 6.07) is 13.6. The molecule has 0 radical (unpaired) electrons. The van der Waals surface area contributed by atoms with Gasteiger partial charge >= 0.3 is 0 Å². The quantitative estimate of drug-likeness (QED) is 0.690. The number of carbonyl (C=O) groups excluding carboxylic acids is 2. The van der Waals surface area contributed by atoms with Crippen LogP contribution >= 0.6 is 0 Å². The molecule has 1 atom stereocenters. The summed E-state index contributed by atoms with van der Waals surface area (Å²) in [6.07, 6.45) is 6.58. The average molecular weight is 389 g/mol. The minimum Gasteiger partial charge on any atom is -0.336 e. The number of rotatable bonds is 3. The topological polar surface area (TPSA) is 70.8 Å². The molecule has 1 spiro atoms. The van der Waals surface area contributed by atoms with Crippen LogP contribution in [0.25, 0.3) is 5.65 Å². The van der Waals surface area contributed by atoms with Gasteiger partial charge in [0.2, 0.25) is 5.91 Å². The van der Waals surface area contributed by atoms with Crippen LogP contribution in [0, 0.1) is 0 Å². The maximum atomic E-state index is 13.6. The van der Waals surface area contributed by atoms with E-state index in [1.165, 1.54) is 0 Å². The molecule has 4 heterocycles. The van der Waals surface area contributed by atoms with Gasteiger partial charge in [0.25, 0.3) is 5.91 Å². The molecule has 2 saturated heterocycles. The number of fused-ring (bicyclic) bond motifs is 1. The molecule has 148 valence electrons. The molecule has 2 fully saturated rings. The molecule has 0 aliphatic carbocycles. The van der Waals surface area contributed by atoms with E-state index < -0.39 is 5.54 Å². The van der Waals surface area contributed by atoms with Crippen molar-refractivity contribution in [2.45, 2.75) is 37.8 Å². The van der Waals surface area contributed by atoms with Gasteiger partial charge in [0.15, 0.2) is 5.65 Å². The zero-order valence-electron chi connectivity index (χ0n) is 16.2. The first-order valence-corrected chi connectivity index (χ1v) is 10.1. The Morgan fingerprint density at radius 2 is 1.83 bits per heavy atom. The van der Waals surface area contributed by atoms with Gasteiger partial charge in [0.1, 0.15) is 11.9 Å². The second-order valence-corrected chi connectivity index (χ2v) is 7.89. The van der Waals surface area contributed by atoms with Crippen LogP contribution in [0.1, 0.15) is 41.6 Å². The summed E-state index contributed by atoms with van der Waals surface area (Å²) in [5.41, 5.74) is 1.40. The third-order valence-electron chi connectivity index (χ3n) is 6.21. The smallest absolute Gasteiger partial charge is 0.258 e. The fourth-order valence-electron chi connectivity index (χ4n) is 4.84. The molecule has 0 bridgehead atoms. The van der Waals surface area contributed by atoms with E-state index in [2.05, 4.69) is 10.2 Å². The van der Waals surface area contributed by atoms with Gasteiger partial charge in [-0.15, -0.1) is 10.2 Å². The summed E-state index contributed by atoms with van der Waals surface area (Å²) < 4.78 is 1.74. The van der Waals surface area contributed by atoms with Crippen LogP contribution in [-0.4, -0.2) is 54.8 Å². The maximum absolute atomic E-state index is 13.6. The largest absolute Gasteiger partial charge is 0.336 e. The number of hydrogen-bond donors (Lipinski definition) is 0. The molecule has 2 aliphatic rings. The number of aromatic nitrogens is 3. The maximum Gasteiger partial charge on any atom is 0.258 e. The van der Waals surface area contributed by atoms with Crippen LogP contribution < -0.4 is 0 Å². The van der Waals surface area contributed by atoms with Crippen LogP contribution in [0.15, 0.2) is 55.0 Å². The standard InChI is InChI=1S/C22H23N5O2/c28-20(18-9-4-12-26-16-23-24-19(18)26)27-14-6-11-22(27)10-5-13-25(21(22)29)15-17-7-2-1-3-8-17/h1-4,7-9,12,16H,5-6,10-11,13-15H2. The van der Waals surface area contributed by atoms with Crippen molar-refractivity contribution in [1.82, 2.24) is 24.4 Å². The SMILES string of the molecule is O=C(c1cccn2cnnc12)N1CCCC12CCCN(Cc1ccccc1)C2=O. The Hall–Kier alpha value is -3.22. The molecule has 0 N–H and O–H groups in total. The van der Waals surface area contributed by atoms with Crippen LogP contribution in [-0.2, 0) is 11.3 Å². The first kappa shape index (κ1) is 17.8. The average Bonchev–Trinajstić information content (AvgIpc) is 3.39. The lowest BCUT2D eigenvalue weighted by molar-refractivity contribution is -0.146. The predicted molar refractivity (Wildman–Crippen MR) is 107 cm³/mol. The van der Waals surface area contributed by atoms with Crippen LogP contribution in [0.3, 0.4) is 0 Å². The molecule has 7 heteroatoms. The van der Waals surface area contributed by atoms with Crippen molar-refractivity contribution < 1.29 is 9.59 Å². The van der Waals surface area contributed by atoms with E-state index in [9.17, 15) is 9.59 Å². The number of amides is 2. The molecular weight excluding hydrogens is 366 g/mol. The van der Waals surface area contributed by atoms with Crippen molar-refractivity contribution >= 4 is 17.5 Å². The summed E-state index contributed by atoms with van der Waals surface area (Å²) in [4.78, 5) is 30.9. The van der Waals surface area contributed by atoms with Crippen LogP contribution in [0.4, 0.5) is 0 Å². The molecule has 5 rings (SSSR count). The highest BCUT2D eigenvalue weighted by molar-refractivity contribution is 6.03. The fourth-order valence-corrected chi connectivity index (χ4v) is 4.84. The first-order valence-electron chi connectivity index (χ1n) is 10.1. The van der Waals surface area contributed by atoms with Crippen molar-refractivity contribution in [3.05, 3.63) is 66.1 Å². The van der Waals surface area contributed by atoms with Crippen molar-refractivity contribution in [3.63, 3.8) is 0 Å². The van der Waals surface area contributed by atoms with Crippen molar-refractivity contribution in [2.24, 2.45) is 0 Å². The van der Waals surface area contributed by atoms with Gasteiger partial charge in [-0.05, 0) is 43.4 Å². The lowest BCUT2D eigenvalue weighted by Gasteiger charge is -2.44. The van der Waals surface area contributed by atoms with E-state index in [1.807, 2.05) is 47.5 Å². The van der Waals surface area contributed by atoms with Gasteiger partial charge in [0, 0.05) is 25.8 Å². The van der Waals surface area contributed by atoms with Crippen molar-refractivity contribution in [1.29, 1.82) is 0 Å². The second-order valence-electron chi connectivity index (χ2n) is 7.89. The highest BCUT2D eigenvalue weighted by Crippen LogP contribution is 2.39. The van der Waals surface area contributed by atoms with E-state index in [0.717, 1.165) is 37.8 Å². The Morgan fingerprint density at radius 1 is 1.03 bits per heavy atom. The van der Waals surface area contributed by atoms with E-state index in [0.29, 0.717) is 24.3 Å². The third kappa shape index (κ3) is 2.88. The Labute approximate surface area is 168 Å². The number of benzene rings is 1. The van der Waals surface area contributed by atoms with Crippen molar-refractivity contribution in [3.8, 4) is 0 Å². The zero-order chi connectivity index (χ0) is 19.8.